The second-order valence-electron chi connectivity index (χ2n) is 4.47. The maximum Gasteiger partial charge on any atom is 0.324 e. The molecule has 0 spiro atoms. The number of carboxylic acids is 1. The average Bonchev–Trinajstić information content (AvgIpc) is 2.38. The van der Waals surface area contributed by atoms with Gasteiger partial charge in [-0.3, -0.25) is 4.79 Å². The third kappa shape index (κ3) is 2.27. The van der Waals surface area contributed by atoms with Gasteiger partial charge in [-0.15, -0.1) is 0 Å². The van der Waals surface area contributed by atoms with Crippen molar-refractivity contribution in [1.29, 1.82) is 5.26 Å². The Morgan fingerprint density at radius 2 is 2.11 bits per heavy atom. The predicted molar refractivity (Wildman–Crippen MR) is 68.6 cm³/mol. The summed E-state index contributed by atoms with van der Waals surface area (Å²) in [6.45, 7) is 1.11. The summed E-state index contributed by atoms with van der Waals surface area (Å²) in [6, 6.07) is 9.39. The number of hydrogen-bond acceptors (Lipinski definition) is 3. The molecular weight excluding hydrogens is 252 g/mol. The summed E-state index contributed by atoms with van der Waals surface area (Å²) in [5.41, 5.74) is -0.255. The van der Waals surface area contributed by atoms with Crippen molar-refractivity contribution in [1.82, 2.24) is 0 Å². The SMILES string of the molecule is N#CC1(C(=O)O)CCN(c2cccc(Cl)c2)CC1. The number of aliphatic carboxylic acids is 1. The number of benzene rings is 1. The van der Waals surface area contributed by atoms with Gasteiger partial charge in [0.05, 0.1) is 6.07 Å². The number of halogens is 1. The van der Waals surface area contributed by atoms with Gasteiger partial charge in [0.15, 0.2) is 5.41 Å². The lowest BCUT2D eigenvalue weighted by Crippen LogP contribution is -2.43. The number of nitriles is 1. The smallest absolute Gasteiger partial charge is 0.324 e. The van der Waals surface area contributed by atoms with Gasteiger partial charge in [0.25, 0.3) is 0 Å². The molecule has 1 heterocycles. The van der Waals surface area contributed by atoms with Crippen LogP contribution < -0.4 is 4.90 Å². The van der Waals surface area contributed by atoms with Gasteiger partial charge in [-0.2, -0.15) is 5.26 Å². The van der Waals surface area contributed by atoms with Crippen molar-refractivity contribution in [3.63, 3.8) is 0 Å². The van der Waals surface area contributed by atoms with E-state index in [2.05, 4.69) is 4.90 Å². The van der Waals surface area contributed by atoms with Crippen molar-refractivity contribution >= 4 is 23.3 Å². The van der Waals surface area contributed by atoms with Gasteiger partial charge in [0.1, 0.15) is 0 Å². The highest BCUT2D eigenvalue weighted by molar-refractivity contribution is 6.30. The number of rotatable bonds is 2. The molecule has 0 unspecified atom stereocenters. The van der Waals surface area contributed by atoms with E-state index < -0.39 is 11.4 Å². The first kappa shape index (κ1) is 12.7. The molecule has 1 saturated heterocycles. The van der Waals surface area contributed by atoms with Gasteiger partial charge in [-0.25, -0.2) is 0 Å². The van der Waals surface area contributed by atoms with E-state index in [9.17, 15) is 4.79 Å². The van der Waals surface area contributed by atoms with Crippen molar-refractivity contribution in [2.45, 2.75) is 12.8 Å². The zero-order chi connectivity index (χ0) is 13.2. The van der Waals surface area contributed by atoms with Crippen LogP contribution >= 0.6 is 11.6 Å². The Kier molecular flexibility index (Phi) is 3.44. The summed E-state index contributed by atoms with van der Waals surface area (Å²) in [4.78, 5) is 13.2. The topological polar surface area (TPSA) is 64.3 Å². The summed E-state index contributed by atoms with van der Waals surface area (Å²) in [5, 5.41) is 18.8. The highest BCUT2D eigenvalue weighted by atomic mass is 35.5. The zero-order valence-corrected chi connectivity index (χ0v) is 10.5. The van der Waals surface area contributed by atoms with E-state index in [1.807, 2.05) is 24.3 Å². The fourth-order valence-electron chi connectivity index (χ4n) is 2.19. The predicted octanol–water partition coefficient (Wildman–Crippen LogP) is 2.53. The molecule has 0 saturated carbocycles. The summed E-state index contributed by atoms with van der Waals surface area (Å²) in [5.74, 6) is -1.02. The molecule has 0 amide bonds. The fraction of sp³-hybridized carbons (Fsp3) is 0.385. The Balaban J connectivity index is 2.12. The molecule has 0 aromatic heterocycles. The summed E-state index contributed by atoms with van der Waals surface area (Å²) in [7, 11) is 0. The van der Waals surface area contributed by atoms with Crippen LogP contribution in [0.2, 0.25) is 5.02 Å². The second-order valence-corrected chi connectivity index (χ2v) is 4.90. The number of anilines is 1. The molecule has 0 atom stereocenters. The summed E-state index contributed by atoms with van der Waals surface area (Å²) in [6.07, 6.45) is 0.677. The Bertz CT molecular complexity index is 502. The van der Waals surface area contributed by atoms with Gasteiger partial charge in [0, 0.05) is 23.8 Å². The number of carboxylic acid groups (broad SMARTS) is 1. The van der Waals surface area contributed by atoms with Crippen LogP contribution in [0.3, 0.4) is 0 Å². The minimum Gasteiger partial charge on any atom is -0.480 e. The van der Waals surface area contributed by atoms with E-state index in [-0.39, 0.29) is 0 Å². The molecule has 1 aromatic rings. The number of carbonyl (C=O) groups is 1. The summed E-state index contributed by atoms with van der Waals surface area (Å²) >= 11 is 5.92. The lowest BCUT2D eigenvalue weighted by Gasteiger charge is -2.36. The quantitative estimate of drug-likeness (QED) is 0.892. The molecule has 0 radical (unpaired) electrons. The van der Waals surface area contributed by atoms with E-state index in [0.29, 0.717) is 31.0 Å². The van der Waals surface area contributed by atoms with Crippen molar-refractivity contribution < 1.29 is 9.90 Å². The van der Waals surface area contributed by atoms with Crippen molar-refractivity contribution in [3.8, 4) is 6.07 Å². The van der Waals surface area contributed by atoms with Crippen LogP contribution in [-0.4, -0.2) is 24.2 Å². The molecule has 4 nitrogen and oxygen atoms in total. The fourth-order valence-corrected chi connectivity index (χ4v) is 2.38. The Morgan fingerprint density at radius 1 is 1.44 bits per heavy atom. The second kappa shape index (κ2) is 4.87. The number of piperidine rings is 1. The molecule has 0 bridgehead atoms. The van der Waals surface area contributed by atoms with Gasteiger partial charge < -0.3 is 10.0 Å². The van der Waals surface area contributed by atoms with E-state index in [1.54, 1.807) is 6.07 Å². The van der Waals surface area contributed by atoms with Crippen LogP contribution in [0, 0.1) is 16.7 Å². The first-order chi connectivity index (χ1) is 8.57. The van der Waals surface area contributed by atoms with E-state index >= 15 is 0 Å². The molecular formula is C13H13ClN2O2. The molecule has 1 N–H and O–H groups in total. The van der Waals surface area contributed by atoms with Crippen LogP contribution in [0.25, 0.3) is 0 Å². The van der Waals surface area contributed by atoms with Crippen molar-refractivity contribution in [2.24, 2.45) is 5.41 Å². The van der Waals surface area contributed by atoms with Crippen molar-refractivity contribution in [3.05, 3.63) is 29.3 Å². The van der Waals surface area contributed by atoms with Gasteiger partial charge in [0.2, 0.25) is 0 Å². The minimum absolute atomic E-state index is 0.339. The molecule has 1 fully saturated rings. The number of nitrogens with zero attached hydrogens (tertiary/aromatic N) is 2. The molecule has 94 valence electrons. The molecule has 1 aromatic carbocycles. The third-order valence-electron chi connectivity index (χ3n) is 3.41. The van der Waals surface area contributed by atoms with Gasteiger partial charge in [-0.05, 0) is 31.0 Å². The van der Waals surface area contributed by atoms with Crippen LogP contribution in [-0.2, 0) is 4.79 Å². The van der Waals surface area contributed by atoms with Crippen LogP contribution in [0.4, 0.5) is 5.69 Å². The highest BCUT2D eigenvalue weighted by Gasteiger charge is 2.42. The van der Waals surface area contributed by atoms with Crippen LogP contribution in [0.5, 0.6) is 0 Å². The van der Waals surface area contributed by atoms with E-state index in [1.165, 1.54) is 0 Å². The standard InChI is InChI=1S/C13H13ClN2O2/c14-10-2-1-3-11(8-10)16-6-4-13(9-15,5-7-16)12(17)18/h1-3,8H,4-7H2,(H,17,18). The van der Waals surface area contributed by atoms with E-state index in [0.717, 1.165) is 5.69 Å². The van der Waals surface area contributed by atoms with Crippen molar-refractivity contribution in [2.75, 3.05) is 18.0 Å². The Labute approximate surface area is 110 Å². The lowest BCUT2D eigenvalue weighted by atomic mass is 9.80. The lowest BCUT2D eigenvalue weighted by molar-refractivity contribution is -0.146. The molecule has 1 aliphatic rings. The first-order valence-corrected chi connectivity index (χ1v) is 6.10. The zero-order valence-electron chi connectivity index (χ0n) is 9.77. The Hall–Kier alpha value is -1.73. The summed E-state index contributed by atoms with van der Waals surface area (Å²) < 4.78 is 0. The van der Waals surface area contributed by atoms with Crippen LogP contribution in [0.1, 0.15) is 12.8 Å². The number of hydrogen-bond donors (Lipinski definition) is 1. The molecule has 1 aliphatic heterocycles. The molecule has 18 heavy (non-hydrogen) atoms. The normalized spacial score (nSPS) is 18.1. The van der Waals surface area contributed by atoms with Gasteiger partial charge >= 0.3 is 5.97 Å². The van der Waals surface area contributed by atoms with Crippen LogP contribution in [0.15, 0.2) is 24.3 Å². The first-order valence-electron chi connectivity index (χ1n) is 5.72. The average molecular weight is 265 g/mol. The van der Waals surface area contributed by atoms with E-state index in [4.69, 9.17) is 22.0 Å². The Morgan fingerprint density at radius 3 is 2.61 bits per heavy atom. The third-order valence-corrected chi connectivity index (χ3v) is 3.65. The maximum atomic E-state index is 11.1. The maximum absolute atomic E-state index is 11.1. The van der Waals surface area contributed by atoms with Gasteiger partial charge in [-0.1, -0.05) is 17.7 Å². The largest absolute Gasteiger partial charge is 0.480 e. The minimum atomic E-state index is -1.23. The molecule has 5 heteroatoms. The highest BCUT2D eigenvalue weighted by Crippen LogP contribution is 2.33. The monoisotopic (exact) mass is 264 g/mol. The molecule has 0 aliphatic carbocycles. The molecule has 2 rings (SSSR count).